The number of likely N-dealkylation sites (tertiary alicyclic amines) is 1. The average molecular weight is 208 g/mol. The predicted octanol–water partition coefficient (Wildman–Crippen LogP) is 0.0808. The molecule has 2 rings (SSSR count). The lowest BCUT2D eigenvalue weighted by molar-refractivity contribution is -0.140. The molecule has 1 fully saturated rings. The first-order chi connectivity index (χ1) is 7.20. The number of primary amides is 1. The van der Waals surface area contributed by atoms with Crippen LogP contribution in [0.1, 0.15) is 18.0 Å². The minimum Gasteiger partial charge on any atom is -0.472 e. The minimum atomic E-state index is -0.895. The highest BCUT2D eigenvalue weighted by Gasteiger charge is 2.34. The van der Waals surface area contributed by atoms with E-state index < -0.39 is 17.7 Å². The van der Waals surface area contributed by atoms with Crippen molar-refractivity contribution >= 4 is 11.7 Å². The van der Waals surface area contributed by atoms with E-state index in [1.165, 1.54) is 12.5 Å². The lowest BCUT2D eigenvalue weighted by Crippen LogP contribution is -2.46. The molecule has 0 aliphatic carbocycles. The molecular formula is C10H12N2O3. The average Bonchev–Trinajstić information content (AvgIpc) is 2.62. The third kappa shape index (κ3) is 1.78. The van der Waals surface area contributed by atoms with Crippen molar-refractivity contribution in [3.63, 3.8) is 0 Å². The molecular weight excluding hydrogens is 196 g/mol. The van der Waals surface area contributed by atoms with Crippen molar-refractivity contribution in [3.05, 3.63) is 24.2 Å². The summed E-state index contributed by atoms with van der Waals surface area (Å²) in [7, 11) is 0. The number of nitrogens with two attached hydrogens (primary N) is 1. The number of hydrogen-bond donors (Lipinski definition) is 1. The lowest BCUT2D eigenvalue weighted by Gasteiger charge is -2.36. The minimum absolute atomic E-state index is 0.560. The van der Waals surface area contributed by atoms with Gasteiger partial charge in [0.25, 0.3) is 5.91 Å². The fourth-order valence-electron chi connectivity index (χ4n) is 1.69. The van der Waals surface area contributed by atoms with Crippen molar-refractivity contribution in [2.75, 3.05) is 13.1 Å². The molecule has 1 atom stereocenters. The third-order valence-corrected chi connectivity index (χ3v) is 2.61. The van der Waals surface area contributed by atoms with E-state index in [4.69, 9.17) is 10.2 Å². The molecule has 1 aromatic rings. The van der Waals surface area contributed by atoms with Gasteiger partial charge in [0.2, 0.25) is 5.78 Å². The Labute approximate surface area is 86.8 Å². The molecule has 0 radical (unpaired) electrons. The number of rotatable bonds is 4. The SMILES string of the molecule is NC(=O)C(=O)C(c1ccoc1)N1CCC1. The van der Waals surface area contributed by atoms with Gasteiger partial charge in [0.05, 0.1) is 12.5 Å². The maximum atomic E-state index is 11.6. The molecule has 2 heterocycles. The third-order valence-electron chi connectivity index (χ3n) is 2.61. The molecule has 15 heavy (non-hydrogen) atoms. The van der Waals surface area contributed by atoms with Gasteiger partial charge >= 0.3 is 0 Å². The molecule has 1 aromatic heterocycles. The van der Waals surface area contributed by atoms with Crippen LogP contribution in [0.2, 0.25) is 0 Å². The van der Waals surface area contributed by atoms with E-state index in [2.05, 4.69) is 0 Å². The molecule has 0 aromatic carbocycles. The molecule has 1 saturated heterocycles. The standard InChI is InChI=1S/C10H12N2O3/c11-10(14)9(13)8(12-3-1-4-12)7-2-5-15-6-7/h2,5-6,8H,1,3-4H2,(H2,11,14). The second-order valence-electron chi connectivity index (χ2n) is 3.58. The summed E-state index contributed by atoms with van der Waals surface area (Å²) in [5.41, 5.74) is 5.71. The Balaban J connectivity index is 2.23. The van der Waals surface area contributed by atoms with Crippen LogP contribution in [0.5, 0.6) is 0 Å². The number of nitrogens with zero attached hydrogens (tertiary/aromatic N) is 1. The molecule has 0 bridgehead atoms. The predicted molar refractivity (Wildman–Crippen MR) is 51.8 cm³/mol. The number of furan rings is 1. The van der Waals surface area contributed by atoms with Gasteiger partial charge in [-0.05, 0) is 12.5 Å². The Hall–Kier alpha value is -1.62. The summed E-state index contributed by atoms with van der Waals surface area (Å²) in [5, 5.41) is 0. The zero-order valence-corrected chi connectivity index (χ0v) is 8.18. The van der Waals surface area contributed by atoms with Crippen molar-refractivity contribution in [3.8, 4) is 0 Å². The first-order valence-corrected chi connectivity index (χ1v) is 4.80. The Kier molecular flexibility index (Phi) is 2.55. The van der Waals surface area contributed by atoms with Crippen molar-refractivity contribution in [2.45, 2.75) is 12.5 Å². The number of ketones is 1. The van der Waals surface area contributed by atoms with Gasteiger partial charge in [0.15, 0.2) is 0 Å². The highest BCUT2D eigenvalue weighted by atomic mass is 16.3. The first kappa shape index (κ1) is 9.92. The van der Waals surface area contributed by atoms with Crippen LogP contribution in [-0.4, -0.2) is 29.7 Å². The summed E-state index contributed by atoms with van der Waals surface area (Å²) in [5.74, 6) is -1.47. The van der Waals surface area contributed by atoms with E-state index in [0.29, 0.717) is 5.56 Å². The van der Waals surface area contributed by atoms with Crippen molar-refractivity contribution < 1.29 is 14.0 Å². The van der Waals surface area contributed by atoms with Gasteiger partial charge in [-0.2, -0.15) is 0 Å². The van der Waals surface area contributed by atoms with Gasteiger partial charge in [-0.1, -0.05) is 0 Å². The molecule has 0 spiro atoms. The molecule has 5 heteroatoms. The van der Waals surface area contributed by atoms with Gasteiger partial charge < -0.3 is 10.2 Å². The monoisotopic (exact) mass is 208 g/mol. The second-order valence-corrected chi connectivity index (χ2v) is 3.58. The fraction of sp³-hybridized carbons (Fsp3) is 0.400. The quantitative estimate of drug-likeness (QED) is 0.711. The van der Waals surface area contributed by atoms with Crippen LogP contribution in [-0.2, 0) is 9.59 Å². The van der Waals surface area contributed by atoms with Gasteiger partial charge in [-0.15, -0.1) is 0 Å². The molecule has 1 aliphatic heterocycles. The lowest BCUT2D eigenvalue weighted by atomic mass is 10.00. The van der Waals surface area contributed by atoms with E-state index >= 15 is 0 Å². The summed E-state index contributed by atoms with van der Waals surface area (Å²) in [6.45, 7) is 1.63. The summed E-state index contributed by atoms with van der Waals surface area (Å²) < 4.78 is 4.91. The highest BCUT2D eigenvalue weighted by molar-refractivity contribution is 6.37. The zero-order valence-electron chi connectivity index (χ0n) is 8.18. The molecule has 1 aliphatic rings. The van der Waals surface area contributed by atoms with E-state index in [0.717, 1.165) is 19.5 Å². The van der Waals surface area contributed by atoms with Crippen LogP contribution in [0, 0.1) is 0 Å². The van der Waals surface area contributed by atoms with Gasteiger partial charge in [-0.25, -0.2) is 0 Å². The largest absolute Gasteiger partial charge is 0.472 e. The maximum Gasteiger partial charge on any atom is 0.286 e. The van der Waals surface area contributed by atoms with Crippen molar-refractivity contribution in [1.29, 1.82) is 0 Å². The van der Waals surface area contributed by atoms with Crippen LogP contribution in [0.4, 0.5) is 0 Å². The van der Waals surface area contributed by atoms with Crippen LogP contribution in [0.25, 0.3) is 0 Å². The van der Waals surface area contributed by atoms with Crippen LogP contribution >= 0.6 is 0 Å². The Bertz CT molecular complexity index is 368. The van der Waals surface area contributed by atoms with Gasteiger partial charge in [-0.3, -0.25) is 14.5 Å². The smallest absolute Gasteiger partial charge is 0.286 e. The van der Waals surface area contributed by atoms with E-state index in [-0.39, 0.29) is 0 Å². The van der Waals surface area contributed by atoms with Gasteiger partial charge in [0.1, 0.15) is 6.04 Å². The Morgan fingerprint density at radius 1 is 1.47 bits per heavy atom. The Morgan fingerprint density at radius 2 is 2.20 bits per heavy atom. The number of carbonyl (C=O) groups excluding carboxylic acids is 2. The summed E-state index contributed by atoms with van der Waals surface area (Å²) in [4.78, 5) is 24.4. The van der Waals surface area contributed by atoms with E-state index in [9.17, 15) is 9.59 Å². The summed E-state index contributed by atoms with van der Waals surface area (Å²) in [6.07, 6.45) is 4.00. The maximum absolute atomic E-state index is 11.6. The summed E-state index contributed by atoms with van der Waals surface area (Å²) in [6, 6.07) is 1.12. The number of amides is 1. The number of Topliss-reactive ketones (excluding diaryl/α,β-unsaturated/α-hetero) is 1. The highest BCUT2D eigenvalue weighted by Crippen LogP contribution is 2.26. The molecule has 1 amide bonds. The molecule has 0 saturated carbocycles. The molecule has 2 N–H and O–H groups in total. The van der Waals surface area contributed by atoms with Crippen molar-refractivity contribution in [1.82, 2.24) is 4.90 Å². The molecule has 5 nitrogen and oxygen atoms in total. The topological polar surface area (TPSA) is 76.5 Å². The fourth-order valence-corrected chi connectivity index (χ4v) is 1.69. The summed E-state index contributed by atoms with van der Waals surface area (Å²) >= 11 is 0. The zero-order chi connectivity index (χ0) is 10.8. The van der Waals surface area contributed by atoms with E-state index in [1.807, 2.05) is 4.90 Å². The normalized spacial score (nSPS) is 18.1. The molecule has 1 unspecified atom stereocenters. The van der Waals surface area contributed by atoms with E-state index in [1.54, 1.807) is 6.07 Å². The number of hydrogen-bond acceptors (Lipinski definition) is 4. The van der Waals surface area contributed by atoms with Gasteiger partial charge in [0, 0.05) is 18.7 Å². The molecule has 80 valence electrons. The van der Waals surface area contributed by atoms with Crippen LogP contribution in [0.15, 0.2) is 23.0 Å². The Morgan fingerprint density at radius 3 is 2.60 bits per heavy atom. The van der Waals surface area contributed by atoms with Crippen LogP contribution in [0.3, 0.4) is 0 Å². The second kappa shape index (κ2) is 3.86. The van der Waals surface area contributed by atoms with Crippen LogP contribution < -0.4 is 5.73 Å². The first-order valence-electron chi connectivity index (χ1n) is 4.80. The van der Waals surface area contributed by atoms with Crippen molar-refractivity contribution in [2.24, 2.45) is 5.73 Å². The number of carbonyl (C=O) groups is 2.